The average molecular weight is 398 g/mol. The van der Waals surface area contributed by atoms with Crippen LogP contribution in [0.25, 0.3) is 0 Å². The lowest BCUT2D eigenvalue weighted by molar-refractivity contribution is -0.121. The molecule has 0 radical (unpaired) electrons. The standard InChI is InChI=1S/C23H31N3O3/c1-17-12-18(2)15-26(14-17)16-20-7-5-19(6-8-20)13-25-22(27)9-10-24-23(28)21-4-3-11-29-21/h3-8,11,17-18H,9-10,12-16H2,1-2H3,(H,24,28)(H,25,27). The molecule has 1 saturated heterocycles. The highest BCUT2D eigenvalue weighted by Gasteiger charge is 2.21. The molecule has 0 spiro atoms. The average Bonchev–Trinajstić information content (AvgIpc) is 3.21. The van der Waals surface area contributed by atoms with Gasteiger partial charge in [0.1, 0.15) is 0 Å². The van der Waals surface area contributed by atoms with Gasteiger partial charge in [-0.2, -0.15) is 0 Å². The van der Waals surface area contributed by atoms with Crippen LogP contribution in [-0.2, 0) is 17.9 Å². The molecule has 2 heterocycles. The summed E-state index contributed by atoms with van der Waals surface area (Å²) in [5, 5.41) is 5.56. The zero-order valence-electron chi connectivity index (χ0n) is 17.3. The van der Waals surface area contributed by atoms with E-state index in [0.29, 0.717) is 6.54 Å². The van der Waals surface area contributed by atoms with Crippen molar-refractivity contribution in [3.05, 3.63) is 59.5 Å². The van der Waals surface area contributed by atoms with Crippen LogP contribution >= 0.6 is 0 Å². The number of hydrogen-bond acceptors (Lipinski definition) is 4. The third-order valence-corrected chi connectivity index (χ3v) is 5.25. The summed E-state index contributed by atoms with van der Waals surface area (Å²) in [6.07, 6.45) is 3.00. The van der Waals surface area contributed by atoms with E-state index in [1.165, 1.54) is 31.3 Å². The van der Waals surface area contributed by atoms with Crippen molar-refractivity contribution in [3.8, 4) is 0 Å². The van der Waals surface area contributed by atoms with E-state index in [0.717, 1.165) is 23.9 Å². The highest BCUT2D eigenvalue weighted by Crippen LogP contribution is 2.22. The summed E-state index contributed by atoms with van der Waals surface area (Å²) in [5.41, 5.74) is 2.38. The van der Waals surface area contributed by atoms with Crippen molar-refractivity contribution in [1.82, 2.24) is 15.5 Å². The molecule has 1 fully saturated rings. The number of piperidine rings is 1. The number of hydrogen-bond donors (Lipinski definition) is 2. The van der Waals surface area contributed by atoms with Crippen molar-refractivity contribution in [1.29, 1.82) is 0 Å². The highest BCUT2D eigenvalue weighted by molar-refractivity contribution is 5.91. The van der Waals surface area contributed by atoms with Gasteiger partial charge in [0.05, 0.1) is 6.26 Å². The monoisotopic (exact) mass is 397 g/mol. The van der Waals surface area contributed by atoms with Gasteiger partial charge < -0.3 is 15.1 Å². The molecule has 1 aromatic heterocycles. The predicted octanol–water partition coefficient (Wildman–Crippen LogP) is 3.19. The van der Waals surface area contributed by atoms with E-state index in [4.69, 9.17) is 4.42 Å². The lowest BCUT2D eigenvalue weighted by Crippen LogP contribution is -2.38. The maximum absolute atomic E-state index is 12.0. The van der Waals surface area contributed by atoms with E-state index in [9.17, 15) is 9.59 Å². The molecule has 2 aromatic rings. The molecular weight excluding hydrogens is 366 g/mol. The molecule has 1 aliphatic rings. The Morgan fingerprint density at radius 3 is 2.38 bits per heavy atom. The Morgan fingerprint density at radius 1 is 1.03 bits per heavy atom. The van der Waals surface area contributed by atoms with Crippen LogP contribution in [0.4, 0.5) is 0 Å². The number of nitrogens with one attached hydrogen (secondary N) is 2. The van der Waals surface area contributed by atoms with Crippen LogP contribution in [0, 0.1) is 11.8 Å². The minimum atomic E-state index is -0.309. The van der Waals surface area contributed by atoms with E-state index in [-0.39, 0.29) is 30.5 Å². The quantitative estimate of drug-likeness (QED) is 0.717. The summed E-state index contributed by atoms with van der Waals surface area (Å²) in [7, 11) is 0. The first kappa shape index (κ1) is 21.1. The fourth-order valence-corrected chi connectivity index (χ4v) is 4.02. The number of nitrogens with zero attached hydrogens (tertiary/aromatic N) is 1. The number of amides is 2. The van der Waals surface area contributed by atoms with Gasteiger partial charge in [-0.05, 0) is 41.5 Å². The number of carbonyl (C=O) groups is 2. The molecule has 3 rings (SSSR count). The summed E-state index contributed by atoms with van der Waals surface area (Å²) < 4.78 is 5.01. The Morgan fingerprint density at radius 2 is 1.72 bits per heavy atom. The Labute approximate surface area is 172 Å². The molecule has 156 valence electrons. The van der Waals surface area contributed by atoms with Gasteiger partial charge in [0.25, 0.3) is 5.91 Å². The van der Waals surface area contributed by atoms with E-state index in [2.05, 4.69) is 53.6 Å². The van der Waals surface area contributed by atoms with Crippen molar-refractivity contribution >= 4 is 11.8 Å². The number of carbonyl (C=O) groups excluding carboxylic acids is 2. The molecule has 2 N–H and O–H groups in total. The predicted molar refractivity (Wildman–Crippen MR) is 112 cm³/mol. The van der Waals surface area contributed by atoms with Crippen LogP contribution in [-0.4, -0.2) is 36.3 Å². The van der Waals surface area contributed by atoms with Gasteiger partial charge in [-0.3, -0.25) is 14.5 Å². The van der Waals surface area contributed by atoms with Gasteiger partial charge in [-0.1, -0.05) is 38.1 Å². The summed E-state index contributed by atoms with van der Waals surface area (Å²) in [6.45, 7) is 8.74. The maximum atomic E-state index is 12.0. The minimum absolute atomic E-state index is 0.0925. The molecule has 2 atom stereocenters. The lowest BCUT2D eigenvalue weighted by Gasteiger charge is -2.35. The summed E-state index contributed by atoms with van der Waals surface area (Å²) in [5.74, 6) is 1.37. The van der Waals surface area contributed by atoms with E-state index in [1.54, 1.807) is 12.1 Å². The van der Waals surface area contributed by atoms with Gasteiger partial charge in [0.2, 0.25) is 5.91 Å². The van der Waals surface area contributed by atoms with Crippen LogP contribution in [0.3, 0.4) is 0 Å². The van der Waals surface area contributed by atoms with Gasteiger partial charge in [-0.25, -0.2) is 0 Å². The topological polar surface area (TPSA) is 74.6 Å². The number of rotatable bonds is 8. The van der Waals surface area contributed by atoms with Gasteiger partial charge in [0.15, 0.2) is 5.76 Å². The second kappa shape index (κ2) is 10.3. The molecular formula is C23H31N3O3. The minimum Gasteiger partial charge on any atom is -0.459 e. The fourth-order valence-electron chi connectivity index (χ4n) is 4.02. The van der Waals surface area contributed by atoms with Crippen LogP contribution in [0.5, 0.6) is 0 Å². The summed E-state index contributed by atoms with van der Waals surface area (Å²) in [6, 6.07) is 11.7. The molecule has 0 aliphatic carbocycles. The second-order valence-corrected chi connectivity index (χ2v) is 8.22. The molecule has 1 aromatic carbocycles. The molecule has 0 saturated carbocycles. The SMILES string of the molecule is CC1CC(C)CN(Cc2ccc(CNC(=O)CCNC(=O)c3ccco3)cc2)C1. The molecule has 6 nitrogen and oxygen atoms in total. The van der Waals surface area contributed by atoms with Crippen LogP contribution in [0.2, 0.25) is 0 Å². The molecule has 6 heteroatoms. The van der Waals surface area contributed by atoms with Crippen LogP contribution < -0.4 is 10.6 Å². The van der Waals surface area contributed by atoms with Crippen LogP contribution in [0.1, 0.15) is 48.4 Å². The molecule has 0 bridgehead atoms. The Kier molecular flexibility index (Phi) is 7.47. The Balaban J connectivity index is 1.36. The van der Waals surface area contributed by atoms with Crippen molar-refractivity contribution in [2.45, 2.75) is 39.8 Å². The largest absolute Gasteiger partial charge is 0.459 e. The molecule has 1 aliphatic heterocycles. The third-order valence-electron chi connectivity index (χ3n) is 5.25. The van der Waals surface area contributed by atoms with Crippen molar-refractivity contribution in [2.75, 3.05) is 19.6 Å². The Hall–Kier alpha value is -2.60. The molecule has 2 amide bonds. The summed E-state index contributed by atoms with van der Waals surface area (Å²) in [4.78, 5) is 26.3. The highest BCUT2D eigenvalue weighted by atomic mass is 16.3. The first-order valence-electron chi connectivity index (χ1n) is 10.4. The van der Waals surface area contributed by atoms with Crippen molar-refractivity contribution in [3.63, 3.8) is 0 Å². The third kappa shape index (κ3) is 6.75. The van der Waals surface area contributed by atoms with E-state index >= 15 is 0 Å². The molecule has 29 heavy (non-hydrogen) atoms. The second-order valence-electron chi connectivity index (χ2n) is 8.22. The molecule has 2 unspecified atom stereocenters. The summed E-state index contributed by atoms with van der Waals surface area (Å²) >= 11 is 0. The van der Waals surface area contributed by atoms with E-state index in [1.807, 2.05) is 0 Å². The van der Waals surface area contributed by atoms with Gasteiger partial charge in [-0.15, -0.1) is 0 Å². The van der Waals surface area contributed by atoms with Gasteiger partial charge in [0, 0.05) is 39.1 Å². The first-order chi connectivity index (χ1) is 14.0. The van der Waals surface area contributed by atoms with Crippen molar-refractivity contribution < 1.29 is 14.0 Å². The van der Waals surface area contributed by atoms with Gasteiger partial charge >= 0.3 is 0 Å². The normalized spacial score (nSPS) is 19.7. The number of furan rings is 1. The zero-order chi connectivity index (χ0) is 20.6. The fraction of sp³-hybridized carbons (Fsp3) is 0.478. The zero-order valence-corrected chi connectivity index (χ0v) is 17.3. The number of likely N-dealkylation sites (tertiary alicyclic amines) is 1. The van der Waals surface area contributed by atoms with Crippen LogP contribution in [0.15, 0.2) is 47.1 Å². The number of benzene rings is 1. The Bertz CT molecular complexity index is 776. The van der Waals surface area contributed by atoms with Crippen molar-refractivity contribution in [2.24, 2.45) is 11.8 Å². The smallest absolute Gasteiger partial charge is 0.286 e. The first-order valence-corrected chi connectivity index (χ1v) is 10.4. The maximum Gasteiger partial charge on any atom is 0.286 e. The lowest BCUT2D eigenvalue weighted by atomic mass is 9.91. The van der Waals surface area contributed by atoms with E-state index < -0.39 is 0 Å².